The Morgan fingerprint density at radius 1 is 1.88 bits per heavy atom. The van der Waals surface area contributed by atoms with Crippen molar-refractivity contribution < 1.29 is 4.79 Å². The molecular weight excluding hydrogens is 106 g/mol. The molecule has 0 aromatic carbocycles. The van der Waals surface area contributed by atoms with Crippen LogP contribution in [0.25, 0.3) is 0 Å². The van der Waals surface area contributed by atoms with Crippen LogP contribution in [0.5, 0.6) is 0 Å². The van der Waals surface area contributed by atoms with Gasteiger partial charge in [0.25, 0.3) is 0 Å². The van der Waals surface area contributed by atoms with Crippen LogP contribution in [0.4, 0.5) is 0 Å². The largest absolute Gasteiger partial charge is 0.358 e. The summed E-state index contributed by atoms with van der Waals surface area (Å²) in [4.78, 5) is 10.4. The number of amides is 1. The number of rotatable bonds is 2. The molecule has 0 aromatic heterocycles. The van der Waals surface area contributed by atoms with Crippen LogP contribution in [-0.2, 0) is 4.79 Å². The highest BCUT2D eigenvalue weighted by Gasteiger charge is 2.06. The molecule has 0 radical (unpaired) electrons. The quantitative estimate of drug-likeness (QED) is 0.392. The molecule has 1 atom stereocenters. The number of nitrogens with one attached hydrogen (secondary N) is 1. The van der Waals surface area contributed by atoms with E-state index in [9.17, 15) is 4.79 Å². The predicted molar refractivity (Wildman–Crippen MR) is 31.1 cm³/mol. The van der Waals surface area contributed by atoms with Gasteiger partial charge in [0.05, 0.1) is 6.04 Å². The monoisotopic (exact) mass is 117 g/mol. The highest BCUT2D eigenvalue weighted by atomic mass is 16.2. The Hall–Kier alpha value is -0.610. The molecule has 4 nitrogen and oxygen atoms in total. The molecule has 0 heterocycles. The Balaban J connectivity index is 3.46. The maximum Gasteiger partial charge on any atom is 0.237 e. The lowest BCUT2D eigenvalue weighted by molar-refractivity contribution is -0.121. The van der Waals surface area contributed by atoms with Crippen LogP contribution in [0.1, 0.15) is 0 Å². The van der Waals surface area contributed by atoms with Crippen molar-refractivity contribution in [2.75, 3.05) is 13.6 Å². The predicted octanol–water partition coefficient (Wildman–Crippen LogP) is -1.98. The van der Waals surface area contributed by atoms with E-state index < -0.39 is 6.04 Å². The van der Waals surface area contributed by atoms with Crippen LogP contribution in [0, 0.1) is 0 Å². The van der Waals surface area contributed by atoms with Gasteiger partial charge in [-0.05, 0) is 0 Å². The van der Waals surface area contributed by atoms with E-state index in [0.717, 1.165) is 0 Å². The summed E-state index contributed by atoms with van der Waals surface area (Å²) in [6.45, 7) is 0.194. The molecule has 0 aliphatic heterocycles. The smallest absolute Gasteiger partial charge is 0.237 e. The van der Waals surface area contributed by atoms with E-state index in [1.54, 1.807) is 0 Å². The van der Waals surface area contributed by atoms with E-state index in [4.69, 9.17) is 11.5 Å². The average molecular weight is 117 g/mol. The summed E-state index contributed by atoms with van der Waals surface area (Å²) in [7, 11) is 1.53. The molecule has 48 valence electrons. The van der Waals surface area contributed by atoms with Crippen LogP contribution in [0.2, 0.25) is 0 Å². The second kappa shape index (κ2) is 3.40. The second-order valence-corrected chi connectivity index (χ2v) is 1.46. The first kappa shape index (κ1) is 7.39. The summed E-state index contributed by atoms with van der Waals surface area (Å²) in [6.07, 6.45) is 0. The molecule has 0 aromatic rings. The average Bonchev–Trinajstić information content (AvgIpc) is 1.84. The molecule has 8 heavy (non-hydrogen) atoms. The first-order valence-corrected chi connectivity index (χ1v) is 2.39. The maximum absolute atomic E-state index is 10.4. The van der Waals surface area contributed by atoms with Crippen molar-refractivity contribution in [3.63, 3.8) is 0 Å². The van der Waals surface area contributed by atoms with Gasteiger partial charge in [0.1, 0.15) is 0 Å². The van der Waals surface area contributed by atoms with Crippen molar-refractivity contribution in [2.24, 2.45) is 11.5 Å². The van der Waals surface area contributed by atoms with E-state index in [-0.39, 0.29) is 12.5 Å². The van der Waals surface area contributed by atoms with Crippen LogP contribution in [0.15, 0.2) is 0 Å². The summed E-state index contributed by atoms with van der Waals surface area (Å²) in [5, 5.41) is 2.37. The number of carbonyl (C=O) groups is 1. The molecule has 0 rings (SSSR count). The third-order valence-corrected chi connectivity index (χ3v) is 0.837. The maximum atomic E-state index is 10.4. The third-order valence-electron chi connectivity index (χ3n) is 0.837. The minimum atomic E-state index is -0.556. The van der Waals surface area contributed by atoms with Crippen LogP contribution in [0.3, 0.4) is 0 Å². The van der Waals surface area contributed by atoms with Crippen molar-refractivity contribution >= 4 is 5.91 Å². The minimum Gasteiger partial charge on any atom is -0.358 e. The van der Waals surface area contributed by atoms with Gasteiger partial charge in [-0.15, -0.1) is 0 Å². The summed E-state index contributed by atoms with van der Waals surface area (Å²) >= 11 is 0. The lowest BCUT2D eigenvalue weighted by atomic mass is 10.3. The standard InChI is InChI=1S/C4H11N3O/c1-7-4(8)3(6)2-5/h3H,2,5-6H2,1H3,(H,7,8)/t3-/m0/s1. The highest BCUT2D eigenvalue weighted by molar-refractivity contribution is 5.81. The summed E-state index contributed by atoms with van der Waals surface area (Å²) in [5.74, 6) is -0.215. The molecule has 0 saturated carbocycles. The summed E-state index contributed by atoms with van der Waals surface area (Å²) in [5.41, 5.74) is 10.3. The van der Waals surface area contributed by atoms with Crippen molar-refractivity contribution in [2.45, 2.75) is 6.04 Å². The minimum absolute atomic E-state index is 0.194. The van der Waals surface area contributed by atoms with Gasteiger partial charge in [0.15, 0.2) is 0 Å². The SMILES string of the molecule is CNC(=O)[C@@H](N)CN. The number of hydrogen-bond acceptors (Lipinski definition) is 3. The Morgan fingerprint density at radius 3 is 2.50 bits per heavy atom. The van der Waals surface area contributed by atoms with Crippen molar-refractivity contribution in [1.29, 1.82) is 0 Å². The van der Waals surface area contributed by atoms with E-state index >= 15 is 0 Å². The van der Waals surface area contributed by atoms with Crippen molar-refractivity contribution in [1.82, 2.24) is 5.32 Å². The van der Waals surface area contributed by atoms with Gasteiger partial charge in [-0.1, -0.05) is 0 Å². The molecule has 0 fully saturated rings. The summed E-state index contributed by atoms with van der Waals surface area (Å²) < 4.78 is 0. The van der Waals surface area contributed by atoms with E-state index in [1.807, 2.05) is 0 Å². The molecule has 1 amide bonds. The molecule has 0 aliphatic carbocycles. The molecule has 0 unspecified atom stereocenters. The fourth-order valence-electron chi connectivity index (χ4n) is 0.292. The molecule has 0 saturated heterocycles. The van der Waals surface area contributed by atoms with Gasteiger partial charge in [-0.2, -0.15) is 0 Å². The van der Waals surface area contributed by atoms with Crippen LogP contribution in [-0.4, -0.2) is 25.5 Å². The Morgan fingerprint density at radius 2 is 2.38 bits per heavy atom. The number of carbonyl (C=O) groups excluding carboxylic acids is 1. The van der Waals surface area contributed by atoms with E-state index in [2.05, 4.69) is 5.32 Å². The van der Waals surface area contributed by atoms with E-state index in [1.165, 1.54) is 7.05 Å². The molecule has 0 bridgehead atoms. The second-order valence-electron chi connectivity index (χ2n) is 1.46. The van der Waals surface area contributed by atoms with Gasteiger partial charge in [-0.3, -0.25) is 4.79 Å². The first-order chi connectivity index (χ1) is 3.72. The van der Waals surface area contributed by atoms with Gasteiger partial charge >= 0.3 is 0 Å². The fraction of sp³-hybridized carbons (Fsp3) is 0.750. The normalized spacial score (nSPS) is 12.9. The first-order valence-electron chi connectivity index (χ1n) is 2.39. The lowest BCUT2D eigenvalue weighted by Gasteiger charge is -2.04. The molecule has 4 heteroatoms. The van der Waals surface area contributed by atoms with Crippen molar-refractivity contribution in [3.05, 3.63) is 0 Å². The van der Waals surface area contributed by atoms with Crippen LogP contribution >= 0.6 is 0 Å². The molecule has 0 spiro atoms. The lowest BCUT2D eigenvalue weighted by Crippen LogP contribution is -2.43. The zero-order valence-electron chi connectivity index (χ0n) is 4.85. The topological polar surface area (TPSA) is 81.1 Å². The Bertz CT molecular complexity index is 83.4. The van der Waals surface area contributed by atoms with Crippen molar-refractivity contribution in [3.8, 4) is 0 Å². The number of nitrogens with two attached hydrogens (primary N) is 2. The van der Waals surface area contributed by atoms with Gasteiger partial charge in [-0.25, -0.2) is 0 Å². The summed E-state index contributed by atoms with van der Waals surface area (Å²) in [6, 6.07) is -0.556. The number of likely N-dealkylation sites (N-methyl/N-ethyl adjacent to an activating group) is 1. The highest BCUT2D eigenvalue weighted by Crippen LogP contribution is 1.69. The molecule has 5 N–H and O–H groups in total. The number of hydrogen-bond donors (Lipinski definition) is 3. The van der Waals surface area contributed by atoms with Gasteiger partial charge in [0, 0.05) is 13.6 Å². The van der Waals surface area contributed by atoms with Gasteiger partial charge in [0.2, 0.25) is 5.91 Å². The van der Waals surface area contributed by atoms with E-state index in [0.29, 0.717) is 0 Å². The third kappa shape index (κ3) is 1.90. The Labute approximate surface area is 48.2 Å². The zero-order valence-corrected chi connectivity index (χ0v) is 4.85. The van der Waals surface area contributed by atoms with Crippen LogP contribution < -0.4 is 16.8 Å². The fourth-order valence-corrected chi connectivity index (χ4v) is 0.292. The molecule has 0 aliphatic rings. The zero-order chi connectivity index (χ0) is 6.57. The Kier molecular flexibility index (Phi) is 3.14. The molecular formula is C4H11N3O. The van der Waals surface area contributed by atoms with Gasteiger partial charge < -0.3 is 16.8 Å².